The zero-order valence-electron chi connectivity index (χ0n) is 19.2. The molecule has 36 heavy (non-hydrogen) atoms. The third-order valence-corrected chi connectivity index (χ3v) is 7.78. The van der Waals surface area contributed by atoms with Crippen LogP contribution in [0.15, 0.2) is 91.0 Å². The molecule has 6 nitrogen and oxygen atoms in total. The second kappa shape index (κ2) is 8.73. The zero-order chi connectivity index (χ0) is 25.7. The predicted molar refractivity (Wildman–Crippen MR) is 140 cm³/mol. The minimum Gasteiger partial charge on any atom is -0.258 e. The number of nitrogens with zero attached hydrogens (tertiary/aromatic N) is 2. The minimum atomic E-state index is -0.685. The lowest BCUT2D eigenvalue weighted by molar-refractivity contribution is -0.385. The van der Waals surface area contributed by atoms with Gasteiger partial charge in [-0.15, -0.1) is 0 Å². The predicted octanol–water partition coefficient (Wildman–Crippen LogP) is 7.85. The summed E-state index contributed by atoms with van der Waals surface area (Å²) in [5, 5.41) is 24.2. The highest BCUT2D eigenvalue weighted by atomic mass is 35.5. The lowest BCUT2D eigenvalue weighted by atomic mass is 9.67. The van der Waals surface area contributed by atoms with Crippen molar-refractivity contribution in [1.29, 1.82) is 0 Å². The van der Waals surface area contributed by atoms with E-state index in [9.17, 15) is 20.2 Å². The SMILES string of the molecule is CC1(c2ccc([N+](=O)[O-])cc2)CC(c2ccc(Cl)cc2)(c2ccc(Cl)cc2)c2ccc([N+](=O)[O-])cc21. The molecule has 0 aromatic heterocycles. The van der Waals surface area contributed by atoms with Gasteiger partial charge >= 0.3 is 0 Å². The molecule has 0 amide bonds. The first-order valence-electron chi connectivity index (χ1n) is 11.2. The first kappa shape index (κ1) is 24.0. The van der Waals surface area contributed by atoms with Gasteiger partial charge in [0.05, 0.1) is 9.85 Å². The second-order valence-corrected chi connectivity index (χ2v) is 10.1. The average Bonchev–Trinajstić information content (AvgIpc) is 3.15. The highest BCUT2D eigenvalue weighted by molar-refractivity contribution is 6.30. The van der Waals surface area contributed by atoms with Crippen molar-refractivity contribution in [3.8, 4) is 0 Å². The van der Waals surface area contributed by atoms with Crippen LogP contribution >= 0.6 is 23.2 Å². The summed E-state index contributed by atoms with van der Waals surface area (Å²) in [6.07, 6.45) is 0.539. The summed E-state index contributed by atoms with van der Waals surface area (Å²) >= 11 is 12.5. The maximum atomic E-state index is 11.7. The van der Waals surface area contributed by atoms with E-state index >= 15 is 0 Å². The molecule has 0 radical (unpaired) electrons. The molecule has 0 spiro atoms. The Morgan fingerprint density at radius 3 is 1.56 bits per heavy atom. The van der Waals surface area contributed by atoms with Gasteiger partial charge < -0.3 is 0 Å². The molecule has 1 aliphatic carbocycles. The normalized spacial score (nSPS) is 18.0. The number of nitro benzene ring substituents is 2. The van der Waals surface area contributed by atoms with Gasteiger partial charge in [0.15, 0.2) is 0 Å². The van der Waals surface area contributed by atoms with Crippen molar-refractivity contribution in [2.24, 2.45) is 0 Å². The van der Waals surface area contributed by atoms with E-state index in [2.05, 4.69) is 0 Å². The quantitative estimate of drug-likeness (QED) is 0.198. The van der Waals surface area contributed by atoms with Gasteiger partial charge in [-0.3, -0.25) is 20.2 Å². The highest BCUT2D eigenvalue weighted by Gasteiger charge is 2.53. The molecule has 0 saturated carbocycles. The van der Waals surface area contributed by atoms with Crippen LogP contribution in [-0.2, 0) is 10.8 Å². The number of hydrogen-bond donors (Lipinski definition) is 0. The van der Waals surface area contributed by atoms with Gasteiger partial charge in [0.25, 0.3) is 11.4 Å². The topological polar surface area (TPSA) is 86.3 Å². The fraction of sp³-hybridized carbons (Fsp3) is 0.143. The van der Waals surface area contributed by atoms with Crippen molar-refractivity contribution in [2.45, 2.75) is 24.2 Å². The minimum absolute atomic E-state index is 0.00935. The van der Waals surface area contributed by atoms with Gasteiger partial charge in [-0.05, 0) is 58.5 Å². The van der Waals surface area contributed by atoms with Crippen molar-refractivity contribution in [1.82, 2.24) is 0 Å². The molecular weight excluding hydrogens is 499 g/mol. The van der Waals surface area contributed by atoms with Crippen LogP contribution in [0, 0.1) is 20.2 Å². The lowest BCUT2D eigenvalue weighted by Crippen LogP contribution is -2.30. The van der Waals surface area contributed by atoms with E-state index in [-0.39, 0.29) is 11.4 Å². The van der Waals surface area contributed by atoms with Crippen LogP contribution in [0.2, 0.25) is 10.0 Å². The van der Waals surface area contributed by atoms with Gasteiger partial charge in [0, 0.05) is 45.1 Å². The Kier molecular flexibility index (Phi) is 5.81. The van der Waals surface area contributed by atoms with E-state index in [0.29, 0.717) is 16.5 Å². The van der Waals surface area contributed by atoms with Crippen LogP contribution in [0.1, 0.15) is 41.2 Å². The number of nitro groups is 2. The van der Waals surface area contributed by atoms with E-state index in [1.165, 1.54) is 18.2 Å². The van der Waals surface area contributed by atoms with Crippen LogP contribution in [0.4, 0.5) is 11.4 Å². The maximum absolute atomic E-state index is 11.7. The Labute approximate surface area is 217 Å². The molecule has 0 fully saturated rings. The van der Waals surface area contributed by atoms with Crippen LogP contribution in [0.25, 0.3) is 0 Å². The number of non-ortho nitro benzene ring substituents is 2. The Hall–Kier alpha value is -3.74. The monoisotopic (exact) mass is 518 g/mol. The number of fused-ring (bicyclic) bond motifs is 1. The molecule has 8 heteroatoms. The molecule has 0 bridgehead atoms. The number of halogens is 2. The largest absolute Gasteiger partial charge is 0.269 e. The standard InChI is InChI=1S/C28H20Cl2N2O4/c1-27(18-6-12-23(13-7-18)31(33)34)17-28(19-2-8-21(29)9-3-19,20-4-10-22(30)11-5-20)25-15-14-24(32(35)36)16-26(25)27/h2-16H,17H2,1H3. The van der Waals surface area contributed by atoms with E-state index < -0.39 is 20.7 Å². The van der Waals surface area contributed by atoms with Crippen LogP contribution in [-0.4, -0.2) is 9.85 Å². The third-order valence-electron chi connectivity index (χ3n) is 7.28. The molecule has 0 aliphatic heterocycles. The van der Waals surface area contributed by atoms with Crippen LogP contribution < -0.4 is 0 Å². The summed E-state index contributed by atoms with van der Waals surface area (Å²) in [5.41, 5.74) is 3.15. The van der Waals surface area contributed by atoms with Gasteiger partial charge in [-0.2, -0.15) is 0 Å². The smallest absolute Gasteiger partial charge is 0.258 e. The molecule has 4 aromatic carbocycles. The highest BCUT2D eigenvalue weighted by Crippen LogP contribution is 2.59. The van der Waals surface area contributed by atoms with Crippen molar-refractivity contribution in [3.63, 3.8) is 0 Å². The second-order valence-electron chi connectivity index (χ2n) is 9.22. The Morgan fingerprint density at radius 2 is 1.08 bits per heavy atom. The number of hydrogen-bond acceptors (Lipinski definition) is 4. The van der Waals surface area contributed by atoms with E-state index in [4.69, 9.17) is 23.2 Å². The molecule has 180 valence electrons. The summed E-state index contributed by atoms with van der Waals surface area (Å²) in [4.78, 5) is 22.2. The molecule has 0 N–H and O–H groups in total. The molecule has 0 heterocycles. The molecule has 1 atom stereocenters. The van der Waals surface area contributed by atoms with Crippen LogP contribution in [0.3, 0.4) is 0 Å². The summed E-state index contributed by atoms with van der Waals surface area (Å²) < 4.78 is 0. The van der Waals surface area contributed by atoms with Gasteiger partial charge in [0.1, 0.15) is 0 Å². The molecule has 1 unspecified atom stereocenters. The lowest BCUT2D eigenvalue weighted by Gasteiger charge is -2.35. The Morgan fingerprint density at radius 1 is 0.639 bits per heavy atom. The zero-order valence-corrected chi connectivity index (χ0v) is 20.7. The molecule has 1 aliphatic rings. The van der Waals surface area contributed by atoms with E-state index in [1.807, 2.05) is 61.5 Å². The van der Waals surface area contributed by atoms with Gasteiger partial charge in [-0.1, -0.05) is 72.6 Å². The van der Waals surface area contributed by atoms with Crippen molar-refractivity contribution in [2.75, 3.05) is 0 Å². The number of rotatable bonds is 5. The molecular formula is C28H20Cl2N2O4. The fourth-order valence-electron chi connectivity index (χ4n) is 5.55. The third kappa shape index (κ3) is 3.74. The van der Waals surface area contributed by atoms with Crippen molar-refractivity contribution < 1.29 is 9.85 Å². The fourth-order valence-corrected chi connectivity index (χ4v) is 5.81. The van der Waals surface area contributed by atoms with Gasteiger partial charge in [-0.25, -0.2) is 0 Å². The number of benzene rings is 4. The molecule has 4 aromatic rings. The van der Waals surface area contributed by atoms with Gasteiger partial charge in [0.2, 0.25) is 0 Å². The Balaban J connectivity index is 1.83. The maximum Gasteiger partial charge on any atom is 0.269 e. The summed E-state index contributed by atoms with van der Waals surface area (Å²) in [7, 11) is 0. The first-order chi connectivity index (χ1) is 17.1. The summed E-state index contributed by atoms with van der Waals surface area (Å²) in [6, 6.07) is 26.6. The van der Waals surface area contributed by atoms with E-state index in [1.54, 1.807) is 18.2 Å². The average molecular weight is 519 g/mol. The summed E-state index contributed by atoms with van der Waals surface area (Å²) in [5.74, 6) is 0. The summed E-state index contributed by atoms with van der Waals surface area (Å²) in [6.45, 7) is 2.03. The van der Waals surface area contributed by atoms with Crippen molar-refractivity contribution >= 4 is 34.6 Å². The molecule has 0 saturated heterocycles. The first-order valence-corrected chi connectivity index (χ1v) is 12.0. The van der Waals surface area contributed by atoms with E-state index in [0.717, 1.165) is 27.8 Å². The van der Waals surface area contributed by atoms with Crippen molar-refractivity contribution in [3.05, 3.63) is 149 Å². The Bertz CT molecular complexity index is 1440. The van der Waals surface area contributed by atoms with Crippen LogP contribution in [0.5, 0.6) is 0 Å². The molecule has 5 rings (SSSR count).